The minimum Gasteiger partial charge on any atom is -0.354 e. The van der Waals surface area contributed by atoms with Gasteiger partial charge in [-0.05, 0) is 19.9 Å². The average Bonchev–Trinajstić information content (AvgIpc) is 2.13. The summed E-state index contributed by atoms with van der Waals surface area (Å²) >= 11 is 0. The van der Waals surface area contributed by atoms with Gasteiger partial charge in [0.1, 0.15) is 0 Å². The molecule has 0 aromatic carbocycles. The maximum absolute atomic E-state index is 11.8. The third-order valence-electron chi connectivity index (χ3n) is 1.98. The molecule has 6 heteroatoms. The first-order valence-corrected chi connectivity index (χ1v) is 4.76. The monoisotopic (exact) mass is 229 g/mol. The van der Waals surface area contributed by atoms with Gasteiger partial charge in [0.2, 0.25) is 0 Å². The van der Waals surface area contributed by atoms with E-state index in [2.05, 4.69) is 5.32 Å². The summed E-state index contributed by atoms with van der Waals surface area (Å²) in [5, 5.41) is 2.91. The number of ether oxygens (including phenoxy) is 2. The summed E-state index contributed by atoms with van der Waals surface area (Å²) in [5.41, 5.74) is 0. The van der Waals surface area contributed by atoms with Gasteiger partial charge in [0.25, 0.3) is 0 Å². The molecular weight excluding hydrogens is 211 g/mol. The Balaban J connectivity index is 3.58. The first kappa shape index (κ1) is 14.7. The summed E-state index contributed by atoms with van der Waals surface area (Å²) in [4.78, 5) is 0. The zero-order valence-corrected chi connectivity index (χ0v) is 9.23. The van der Waals surface area contributed by atoms with Crippen LogP contribution in [-0.2, 0) is 9.47 Å². The molecule has 3 nitrogen and oxygen atoms in total. The van der Waals surface area contributed by atoms with Crippen LogP contribution in [0.2, 0.25) is 0 Å². The Bertz CT molecular complexity index is 160. The third kappa shape index (κ3) is 7.58. The Morgan fingerprint density at radius 1 is 1.20 bits per heavy atom. The van der Waals surface area contributed by atoms with Crippen LogP contribution in [0.5, 0.6) is 0 Å². The molecule has 15 heavy (non-hydrogen) atoms. The molecule has 1 atom stereocenters. The SMILES string of the molecule is COC(OC)C(C)NCCCC(F)(F)F. The van der Waals surface area contributed by atoms with E-state index in [-0.39, 0.29) is 12.5 Å². The molecule has 0 aromatic heterocycles. The largest absolute Gasteiger partial charge is 0.389 e. The predicted molar refractivity (Wildman–Crippen MR) is 50.6 cm³/mol. The fourth-order valence-electron chi connectivity index (χ4n) is 1.22. The van der Waals surface area contributed by atoms with Crippen molar-refractivity contribution in [2.45, 2.75) is 38.3 Å². The second-order valence-corrected chi connectivity index (χ2v) is 3.30. The van der Waals surface area contributed by atoms with E-state index < -0.39 is 18.9 Å². The van der Waals surface area contributed by atoms with Crippen LogP contribution >= 0.6 is 0 Å². The van der Waals surface area contributed by atoms with Crippen molar-refractivity contribution in [3.63, 3.8) is 0 Å². The van der Waals surface area contributed by atoms with E-state index in [1.807, 2.05) is 0 Å². The molecule has 0 aromatic rings. The third-order valence-corrected chi connectivity index (χ3v) is 1.98. The summed E-state index contributed by atoms with van der Waals surface area (Å²) in [5.74, 6) is 0. The molecule has 0 spiro atoms. The maximum Gasteiger partial charge on any atom is 0.389 e. The highest BCUT2D eigenvalue weighted by Crippen LogP contribution is 2.20. The molecule has 0 amide bonds. The van der Waals surface area contributed by atoms with Gasteiger partial charge in [-0.3, -0.25) is 0 Å². The zero-order valence-electron chi connectivity index (χ0n) is 9.23. The Morgan fingerprint density at radius 2 is 1.73 bits per heavy atom. The predicted octanol–water partition coefficient (Wildman–Crippen LogP) is 1.93. The van der Waals surface area contributed by atoms with Crippen LogP contribution in [0.25, 0.3) is 0 Å². The molecule has 0 radical (unpaired) electrons. The first-order chi connectivity index (χ1) is 6.90. The Hall–Kier alpha value is -0.330. The fraction of sp³-hybridized carbons (Fsp3) is 1.00. The minimum atomic E-state index is -4.08. The summed E-state index contributed by atoms with van der Waals surface area (Å²) in [6.07, 6.45) is -5.21. The quantitative estimate of drug-likeness (QED) is 0.534. The second-order valence-electron chi connectivity index (χ2n) is 3.30. The van der Waals surface area contributed by atoms with Crippen LogP contribution in [0.3, 0.4) is 0 Å². The van der Waals surface area contributed by atoms with Crippen molar-refractivity contribution in [1.29, 1.82) is 0 Å². The Labute approximate surface area is 87.9 Å². The number of hydrogen-bond acceptors (Lipinski definition) is 3. The van der Waals surface area contributed by atoms with Crippen molar-refractivity contribution >= 4 is 0 Å². The van der Waals surface area contributed by atoms with Crippen LogP contribution in [0.4, 0.5) is 13.2 Å². The molecule has 0 aliphatic carbocycles. The molecule has 0 saturated heterocycles. The van der Waals surface area contributed by atoms with Gasteiger partial charge in [-0.15, -0.1) is 0 Å². The van der Waals surface area contributed by atoms with Gasteiger partial charge in [0, 0.05) is 20.6 Å². The van der Waals surface area contributed by atoms with E-state index in [0.717, 1.165) is 0 Å². The highest BCUT2D eigenvalue weighted by molar-refractivity contribution is 4.65. The molecule has 92 valence electrons. The van der Waals surface area contributed by atoms with Crippen molar-refractivity contribution in [3.05, 3.63) is 0 Å². The summed E-state index contributed by atoms with van der Waals surface area (Å²) in [6.45, 7) is 2.09. The van der Waals surface area contributed by atoms with E-state index in [4.69, 9.17) is 9.47 Å². The lowest BCUT2D eigenvalue weighted by Gasteiger charge is -2.22. The smallest absolute Gasteiger partial charge is 0.354 e. The van der Waals surface area contributed by atoms with Crippen molar-refractivity contribution in [1.82, 2.24) is 5.32 Å². The van der Waals surface area contributed by atoms with Crippen LogP contribution < -0.4 is 5.32 Å². The zero-order chi connectivity index (χ0) is 11.9. The Kier molecular flexibility index (Phi) is 6.87. The number of rotatable bonds is 7. The Morgan fingerprint density at radius 3 is 2.13 bits per heavy atom. The van der Waals surface area contributed by atoms with Gasteiger partial charge in [-0.25, -0.2) is 0 Å². The lowest BCUT2D eigenvalue weighted by atomic mass is 10.2. The van der Waals surface area contributed by atoms with Crippen molar-refractivity contribution in [2.24, 2.45) is 0 Å². The number of methoxy groups -OCH3 is 2. The molecule has 1 unspecified atom stereocenters. The molecule has 0 heterocycles. The van der Waals surface area contributed by atoms with Gasteiger partial charge < -0.3 is 14.8 Å². The van der Waals surface area contributed by atoms with E-state index in [1.165, 1.54) is 14.2 Å². The highest BCUT2D eigenvalue weighted by atomic mass is 19.4. The number of alkyl halides is 3. The average molecular weight is 229 g/mol. The standard InChI is InChI=1S/C9H18F3NO2/c1-7(8(14-2)15-3)13-6-4-5-9(10,11)12/h7-8,13H,4-6H2,1-3H3. The summed E-state index contributed by atoms with van der Waals surface area (Å²) in [7, 11) is 2.98. The second kappa shape index (κ2) is 7.03. The van der Waals surface area contributed by atoms with Gasteiger partial charge in [0.15, 0.2) is 6.29 Å². The molecule has 0 rings (SSSR count). The van der Waals surface area contributed by atoms with Crippen molar-refractivity contribution < 1.29 is 22.6 Å². The van der Waals surface area contributed by atoms with E-state index in [1.54, 1.807) is 6.92 Å². The highest BCUT2D eigenvalue weighted by Gasteiger charge is 2.26. The molecule has 0 bridgehead atoms. The van der Waals surface area contributed by atoms with Crippen LogP contribution in [0, 0.1) is 0 Å². The normalized spacial score (nSPS) is 14.6. The summed E-state index contributed by atoms with van der Waals surface area (Å²) in [6, 6.07) is -0.131. The molecular formula is C9H18F3NO2. The van der Waals surface area contributed by atoms with Crippen LogP contribution in [0.15, 0.2) is 0 Å². The van der Waals surface area contributed by atoms with Crippen molar-refractivity contribution in [2.75, 3.05) is 20.8 Å². The lowest BCUT2D eigenvalue weighted by molar-refractivity contribution is -0.136. The topological polar surface area (TPSA) is 30.5 Å². The maximum atomic E-state index is 11.8. The number of hydrogen-bond donors (Lipinski definition) is 1. The van der Waals surface area contributed by atoms with Crippen LogP contribution in [-0.4, -0.2) is 39.3 Å². The number of halogens is 3. The molecule has 0 saturated carbocycles. The minimum absolute atomic E-state index is 0.0635. The molecule has 0 aliphatic heterocycles. The van der Waals surface area contributed by atoms with Crippen molar-refractivity contribution in [3.8, 4) is 0 Å². The fourth-order valence-corrected chi connectivity index (χ4v) is 1.22. The molecule has 1 N–H and O–H groups in total. The lowest BCUT2D eigenvalue weighted by Crippen LogP contribution is -2.40. The van der Waals surface area contributed by atoms with Crippen LogP contribution in [0.1, 0.15) is 19.8 Å². The van der Waals surface area contributed by atoms with E-state index in [0.29, 0.717) is 6.54 Å². The van der Waals surface area contributed by atoms with Gasteiger partial charge in [-0.2, -0.15) is 13.2 Å². The van der Waals surface area contributed by atoms with Gasteiger partial charge in [0.05, 0.1) is 6.04 Å². The number of nitrogens with one attached hydrogen (secondary N) is 1. The van der Waals surface area contributed by atoms with Gasteiger partial charge >= 0.3 is 6.18 Å². The molecule has 0 fully saturated rings. The first-order valence-electron chi connectivity index (χ1n) is 4.76. The van der Waals surface area contributed by atoms with E-state index in [9.17, 15) is 13.2 Å². The molecule has 0 aliphatic rings. The van der Waals surface area contributed by atoms with E-state index >= 15 is 0 Å². The summed E-state index contributed by atoms with van der Waals surface area (Å²) < 4.78 is 45.3. The van der Waals surface area contributed by atoms with Gasteiger partial charge in [-0.1, -0.05) is 0 Å².